The molecule has 6 heteroatoms. The molecule has 70 valence electrons. The number of nitrogens with zero attached hydrogens (tertiary/aromatic N) is 3. The Morgan fingerprint density at radius 2 is 2.31 bits per heavy atom. The van der Waals surface area contributed by atoms with E-state index in [1.54, 1.807) is 20.2 Å². The molecule has 4 N–H and O–H groups in total. The lowest BCUT2D eigenvalue weighted by molar-refractivity contribution is 0.958. The minimum Gasteiger partial charge on any atom is -0.382 e. The maximum Gasteiger partial charge on any atom is 0.171 e. The summed E-state index contributed by atoms with van der Waals surface area (Å²) in [5, 5.41) is 0. The van der Waals surface area contributed by atoms with Crippen LogP contribution in [0.2, 0.25) is 0 Å². The molecule has 6 nitrogen and oxygen atoms in total. The molecule has 0 unspecified atom stereocenters. The van der Waals surface area contributed by atoms with Crippen LogP contribution in [0.3, 0.4) is 0 Å². The van der Waals surface area contributed by atoms with Gasteiger partial charge in [-0.05, 0) is 6.92 Å². The smallest absolute Gasteiger partial charge is 0.171 e. The Hall–Kier alpha value is -1.69. The number of nitrogens with one attached hydrogen (secondary N) is 2. The predicted molar refractivity (Wildman–Crippen MR) is 53.0 cm³/mol. The van der Waals surface area contributed by atoms with Crippen LogP contribution in [-0.4, -0.2) is 23.2 Å². The molecule has 0 aromatic carbocycles. The van der Waals surface area contributed by atoms with Gasteiger partial charge in [0.25, 0.3) is 0 Å². The van der Waals surface area contributed by atoms with E-state index in [4.69, 9.17) is 5.73 Å². The van der Waals surface area contributed by atoms with Gasteiger partial charge in [0.1, 0.15) is 12.0 Å². The number of hydrogen-bond acceptors (Lipinski definition) is 6. The molecule has 0 saturated heterocycles. The Bertz CT molecular complexity index is 308. The number of nitrogen functional groups attached to an aromatic ring is 1. The van der Waals surface area contributed by atoms with Gasteiger partial charge in [0.2, 0.25) is 0 Å². The first-order chi connectivity index (χ1) is 6.29. The molecule has 1 heterocycles. The normalized spacial score (nSPS) is 10.6. The SMILES string of the molecule is CC=Nc1c(N)ncnc1NNC. The Balaban J connectivity index is 3.09. The third kappa shape index (κ3) is 2.12. The molecule has 1 aromatic rings. The van der Waals surface area contributed by atoms with E-state index in [2.05, 4.69) is 25.8 Å². The molecule has 0 radical (unpaired) electrons. The molecule has 0 bridgehead atoms. The van der Waals surface area contributed by atoms with Gasteiger partial charge in [-0.2, -0.15) is 0 Å². The summed E-state index contributed by atoms with van der Waals surface area (Å²) in [6.07, 6.45) is 3.01. The van der Waals surface area contributed by atoms with Crippen LogP contribution in [0.1, 0.15) is 6.92 Å². The summed E-state index contributed by atoms with van der Waals surface area (Å²) in [5.74, 6) is 0.916. The van der Waals surface area contributed by atoms with E-state index in [1.807, 2.05) is 0 Å². The third-order valence-corrected chi connectivity index (χ3v) is 1.35. The second-order valence-corrected chi connectivity index (χ2v) is 2.22. The second-order valence-electron chi connectivity index (χ2n) is 2.22. The number of aliphatic imine (C=N–C) groups is 1. The summed E-state index contributed by atoms with van der Waals surface area (Å²) >= 11 is 0. The van der Waals surface area contributed by atoms with Crippen molar-refractivity contribution in [1.82, 2.24) is 15.4 Å². The third-order valence-electron chi connectivity index (χ3n) is 1.35. The Morgan fingerprint density at radius 3 is 2.92 bits per heavy atom. The highest BCUT2D eigenvalue weighted by Crippen LogP contribution is 2.25. The quantitative estimate of drug-likeness (QED) is 0.460. The average molecular weight is 180 g/mol. The molecular weight excluding hydrogens is 168 g/mol. The Labute approximate surface area is 76.3 Å². The molecule has 0 atom stereocenters. The summed E-state index contributed by atoms with van der Waals surface area (Å²) < 4.78 is 0. The summed E-state index contributed by atoms with van der Waals surface area (Å²) in [6.45, 7) is 1.80. The van der Waals surface area contributed by atoms with Gasteiger partial charge in [-0.3, -0.25) is 4.99 Å². The number of rotatable bonds is 3. The second kappa shape index (κ2) is 4.36. The van der Waals surface area contributed by atoms with Crippen molar-refractivity contribution < 1.29 is 0 Å². The van der Waals surface area contributed by atoms with Gasteiger partial charge >= 0.3 is 0 Å². The van der Waals surface area contributed by atoms with E-state index in [-0.39, 0.29) is 0 Å². The maximum absolute atomic E-state index is 5.61. The fourth-order valence-electron chi connectivity index (χ4n) is 0.859. The molecule has 1 aromatic heterocycles. The van der Waals surface area contributed by atoms with E-state index < -0.39 is 0 Å². The van der Waals surface area contributed by atoms with Crippen LogP contribution in [0.4, 0.5) is 17.3 Å². The molecule has 0 aliphatic heterocycles. The molecule has 0 saturated carbocycles. The highest BCUT2D eigenvalue weighted by molar-refractivity contribution is 5.76. The van der Waals surface area contributed by atoms with Crippen molar-refractivity contribution in [3.8, 4) is 0 Å². The van der Waals surface area contributed by atoms with Crippen molar-refractivity contribution >= 4 is 23.5 Å². The molecule has 13 heavy (non-hydrogen) atoms. The summed E-state index contributed by atoms with van der Waals surface area (Å²) in [7, 11) is 1.73. The van der Waals surface area contributed by atoms with E-state index >= 15 is 0 Å². The number of hydrogen-bond donors (Lipinski definition) is 3. The van der Waals surface area contributed by atoms with Crippen LogP contribution < -0.4 is 16.6 Å². The van der Waals surface area contributed by atoms with E-state index in [0.29, 0.717) is 17.3 Å². The molecule has 0 aliphatic rings. The Kier molecular flexibility index (Phi) is 3.15. The average Bonchev–Trinajstić information content (AvgIpc) is 2.11. The van der Waals surface area contributed by atoms with Crippen LogP contribution >= 0.6 is 0 Å². The lowest BCUT2D eigenvalue weighted by atomic mass is 10.4. The lowest BCUT2D eigenvalue weighted by Gasteiger charge is -2.06. The minimum absolute atomic E-state index is 0.353. The van der Waals surface area contributed by atoms with Crippen LogP contribution in [0.5, 0.6) is 0 Å². The van der Waals surface area contributed by atoms with Crippen LogP contribution in [0.25, 0.3) is 0 Å². The predicted octanol–water partition coefficient (Wildman–Crippen LogP) is 0.327. The van der Waals surface area contributed by atoms with Gasteiger partial charge < -0.3 is 11.2 Å². The first-order valence-electron chi connectivity index (χ1n) is 3.81. The van der Waals surface area contributed by atoms with Gasteiger partial charge in [-0.25, -0.2) is 15.4 Å². The molecular formula is C7H12N6. The first-order valence-corrected chi connectivity index (χ1v) is 3.81. The van der Waals surface area contributed by atoms with Gasteiger partial charge in [0.15, 0.2) is 11.6 Å². The lowest BCUT2D eigenvalue weighted by Crippen LogP contribution is -2.16. The maximum atomic E-state index is 5.61. The van der Waals surface area contributed by atoms with Crippen molar-refractivity contribution in [2.24, 2.45) is 4.99 Å². The molecule has 0 amide bonds. The van der Waals surface area contributed by atoms with Crippen LogP contribution in [0, 0.1) is 0 Å². The minimum atomic E-state index is 0.353. The van der Waals surface area contributed by atoms with Gasteiger partial charge in [0, 0.05) is 13.3 Å². The summed E-state index contributed by atoms with van der Waals surface area (Å²) in [4.78, 5) is 11.8. The summed E-state index contributed by atoms with van der Waals surface area (Å²) in [5.41, 5.74) is 11.7. The van der Waals surface area contributed by atoms with Crippen molar-refractivity contribution in [2.45, 2.75) is 6.92 Å². The fourth-order valence-corrected chi connectivity index (χ4v) is 0.859. The standard InChI is InChI=1S/C7H12N6/c1-3-10-5-6(8)11-4-12-7(5)13-9-2/h3-4,9H,1-2H3,(H3,8,11,12,13). The van der Waals surface area contributed by atoms with Gasteiger partial charge in [-0.15, -0.1) is 0 Å². The van der Waals surface area contributed by atoms with Crippen molar-refractivity contribution in [3.05, 3.63) is 6.33 Å². The molecule has 1 rings (SSSR count). The van der Waals surface area contributed by atoms with E-state index in [0.717, 1.165) is 0 Å². The summed E-state index contributed by atoms with van der Waals surface area (Å²) in [6, 6.07) is 0. The van der Waals surface area contributed by atoms with Gasteiger partial charge in [-0.1, -0.05) is 0 Å². The van der Waals surface area contributed by atoms with Crippen LogP contribution in [0.15, 0.2) is 11.3 Å². The zero-order valence-electron chi connectivity index (χ0n) is 7.57. The highest BCUT2D eigenvalue weighted by Gasteiger charge is 2.05. The first kappa shape index (κ1) is 9.40. The van der Waals surface area contributed by atoms with E-state index in [9.17, 15) is 0 Å². The molecule has 0 fully saturated rings. The van der Waals surface area contributed by atoms with Crippen molar-refractivity contribution in [3.63, 3.8) is 0 Å². The largest absolute Gasteiger partial charge is 0.382 e. The topological polar surface area (TPSA) is 88.2 Å². The zero-order chi connectivity index (χ0) is 9.68. The van der Waals surface area contributed by atoms with Gasteiger partial charge in [0.05, 0.1) is 0 Å². The molecule has 0 spiro atoms. The molecule has 0 aliphatic carbocycles. The van der Waals surface area contributed by atoms with Crippen molar-refractivity contribution in [1.29, 1.82) is 0 Å². The zero-order valence-corrected chi connectivity index (χ0v) is 7.57. The van der Waals surface area contributed by atoms with Crippen LogP contribution in [-0.2, 0) is 0 Å². The number of anilines is 2. The Morgan fingerprint density at radius 1 is 1.54 bits per heavy atom. The number of hydrazine groups is 1. The number of aromatic nitrogens is 2. The fraction of sp³-hybridized carbons (Fsp3) is 0.286. The number of nitrogens with two attached hydrogens (primary N) is 1. The monoisotopic (exact) mass is 180 g/mol. The van der Waals surface area contributed by atoms with E-state index in [1.165, 1.54) is 6.33 Å². The highest BCUT2D eigenvalue weighted by atomic mass is 15.4. The van der Waals surface area contributed by atoms with Crippen molar-refractivity contribution in [2.75, 3.05) is 18.2 Å².